The van der Waals surface area contributed by atoms with Crippen LogP contribution in [0.5, 0.6) is 0 Å². The molecule has 0 saturated heterocycles. The molecular formula is C28H52. The second kappa shape index (κ2) is 12.6. The molecule has 0 unspecified atom stereocenters. The van der Waals surface area contributed by atoms with Crippen molar-refractivity contribution in [1.29, 1.82) is 0 Å². The summed E-state index contributed by atoms with van der Waals surface area (Å²) in [6.07, 6.45) is 30.7. The first-order valence-corrected chi connectivity index (χ1v) is 13.8. The molecule has 0 spiro atoms. The minimum Gasteiger partial charge on any atom is -0.0654 e. The molecule has 0 bridgehead atoms. The lowest BCUT2D eigenvalue weighted by Gasteiger charge is -2.41. The monoisotopic (exact) mass is 388 g/mol. The van der Waals surface area contributed by atoms with Gasteiger partial charge < -0.3 is 0 Å². The number of unbranched alkanes of at least 4 members (excludes halogenated alkanes) is 4. The van der Waals surface area contributed by atoms with Gasteiger partial charge in [0.25, 0.3) is 0 Å². The van der Waals surface area contributed by atoms with Crippen LogP contribution in [0.25, 0.3) is 0 Å². The van der Waals surface area contributed by atoms with Gasteiger partial charge in [0.05, 0.1) is 0 Å². The molecule has 0 aliphatic heterocycles. The molecule has 164 valence electrons. The van der Waals surface area contributed by atoms with Crippen LogP contribution in [-0.4, -0.2) is 0 Å². The Bertz CT molecular complexity index is 383. The SMILES string of the molecule is CCCCCCC[C@H]1CCC[C@@H](C2CCC(C3CCC(CCC)CC3)CC2)C1. The van der Waals surface area contributed by atoms with E-state index in [1.807, 2.05) is 0 Å². The minimum atomic E-state index is 1.08. The van der Waals surface area contributed by atoms with Gasteiger partial charge in [-0.3, -0.25) is 0 Å². The largest absolute Gasteiger partial charge is 0.0654 e. The Morgan fingerprint density at radius 2 is 1.07 bits per heavy atom. The summed E-state index contributed by atoms with van der Waals surface area (Å²) < 4.78 is 0. The zero-order valence-corrected chi connectivity index (χ0v) is 19.6. The molecule has 0 heteroatoms. The fourth-order valence-electron chi connectivity index (χ4n) is 7.50. The lowest BCUT2D eigenvalue weighted by atomic mass is 9.64. The van der Waals surface area contributed by atoms with E-state index in [0.29, 0.717) is 0 Å². The zero-order valence-electron chi connectivity index (χ0n) is 19.6. The van der Waals surface area contributed by atoms with E-state index in [0.717, 1.165) is 35.5 Å². The van der Waals surface area contributed by atoms with Crippen molar-refractivity contribution in [3.63, 3.8) is 0 Å². The van der Waals surface area contributed by atoms with Crippen LogP contribution < -0.4 is 0 Å². The van der Waals surface area contributed by atoms with Gasteiger partial charge in [-0.05, 0) is 80.5 Å². The first-order chi connectivity index (χ1) is 13.8. The quantitative estimate of drug-likeness (QED) is 0.327. The van der Waals surface area contributed by atoms with E-state index in [1.165, 1.54) is 44.9 Å². The van der Waals surface area contributed by atoms with E-state index < -0.39 is 0 Å². The standard InChI is InChI=1S/C28H52/c1-3-5-6-7-8-11-24-12-9-13-28(22-24)27-20-18-26(19-21-27)25-16-14-23(10-4-2)15-17-25/h23-28H,3-22H2,1-2H3/t23?,24-,25?,26?,27?,28+/m0/s1. The van der Waals surface area contributed by atoms with E-state index in [4.69, 9.17) is 0 Å². The van der Waals surface area contributed by atoms with E-state index >= 15 is 0 Å². The van der Waals surface area contributed by atoms with Crippen molar-refractivity contribution >= 4 is 0 Å². The lowest BCUT2D eigenvalue weighted by molar-refractivity contribution is 0.0982. The maximum atomic E-state index is 2.37. The third-order valence-electron chi connectivity index (χ3n) is 9.28. The van der Waals surface area contributed by atoms with E-state index in [2.05, 4.69) is 13.8 Å². The molecule has 28 heavy (non-hydrogen) atoms. The first-order valence-electron chi connectivity index (χ1n) is 13.8. The number of rotatable bonds is 10. The maximum absolute atomic E-state index is 2.37. The van der Waals surface area contributed by atoms with Gasteiger partial charge in [0.15, 0.2) is 0 Å². The van der Waals surface area contributed by atoms with Crippen LogP contribution in [0.4, 0.5) is 0 Å². The highest BCUT2D eigenvalue weighted by molar-refractivity contribution is 4.86. The molecule has 3 fully saturated rings. The highest BCUT2D eigenvalue weighted by Crippen LogP contribution is 2.46. The van der Waals surface area contributed by atoms with Gasteiger partial charge in [-0.2, -0.15) is 0 Å². The average Bonchev–Trinajstić information content (AvgIpc) is 2.75. The predicted octanol–water partition coefficient (Wildman–Crippen LogP) is 9.57. The maximum Gasteiger partial charge on any atom is -0.0383 e. The van der Waals surface area contributed by atoms with Crippen molar-refractivity contribution in [1.82, 2.24) is 0 Å². The lowest BCUT2D eigenvalue weighted by Crippen LogP contribution is -2.30. The van der Waals surface area contributed by atoms with Crippen LogP contribution >= 0.6 is 0 Å². The molecule has 3 aliphatic carbocycles. The van der Waals surface area contributed by atoms with Crippen LogP contribution in [0.1, 0.15) is 142 Å². The molecule has 0 heterocycles. The van der Waals surface area contributed by atoms with Crippen molar-refractivity contribution in [2.45, 2.75) is 142 Å². The molecule has 3 aliphatic rings. The molecule has 3 rings (SSSR count). The number of hydrogen-bond acceptors (Lipinski definition) is 0. The van der Waals surface area contributed by atoms with Gasteiger partial charge in [-0.25, -0.2) is 0 Å². The third kappa shape index (κ3) is 7.05. The normalized spacial score (nSPS) is 37.1. The topological polar surface area (TPSA) is 0 Å². The van der Waals surface area contributed by atoms with E-state index in [9.17, 15) is 0 Å². The first kappa shape index (κ1) is 22.7. The van der Waals surface area contributed by atoms with Crippen molar-refractivity contribution in [2.75, 3.05) is 0 Å². The molecule has 0 aromatic carbocycles. The fourth-order valence-corrected chi connectivity index (χ4v) is 7.50. The molecule has 0 aromatic rings. The van der Waals surface area contributed by atoms with Crippen LogP contribution in [0, 0.1) is 35.5 Å². The summed E-state index contributed by atoms with van der Waals surface area (Å²) in [5.41, 5.74) is 0. The minimum absolute atomic E-state index is 1.08. The van der Waals surface area contributed by atoms with Crippen LogP contribution in [0.2, 0.25) is 0 Å². The fraction of sp³-hybridized carbons (Fsp3) is 1.00. The van der Waals surface area contributed by atoms with Crippen molar-refractivity contribution in [2.24, 2.45) is 35.5 Å². The predicted molar refractivity (Wildman–Crippen MR) is 125 cm³/mol. The highest BCUT2D eigenvalue weighted by Gasteiger charge is 2.34. The Labute approximate surface area is 178 Å². The molecule has 0 radical (unpaired) electrons. The summed E-state index contributed by atoms with van der Waals surface area (Å²) in [7, 11) is 0. The zero-order chi connectivity index (χ0) is 19.6. The van der Waals surface area contributed by atoms with E-state index in [1.54, 1.807) is 83.5 Å². The van der Waals surface area contributed by atoms with Gasteiger partial charge in [0.1, 0.15) is 0 Å². The van der Waals surface area contributed by atoms with Gasteiger partial charge >= 0.3 is 0 Å². The molecule has 3 saturated carbocycles. The highest BCUT2D eigenvalue weighted by atomic mass is 14.4. The van der Waals surface area contributed by atoms with Gasteiger partial charge in [-0.1, -0.05) is 97.3 Å². The summed E-state index contributed by atoms with van der Waals surface area (Å²) in [6, 6.07) is 0. The van der Waals surface area contributed by atoms with Crippen LogP contribution in [-0.2, 0) is 0 Å². The van der Waals surface area contributed by atoms with E-state index in [-0.39, 0.29) is 0 Å². The van der Waals surface area contributed by atoms with Gasteiger partial charge in [0, 0.05) is 0 Å². The number of hydrogen-bond donors (Lipinski definition) is 0. The van der Waals surface area contributed by atoms with Gasteiger partial charge in [-0.15, -0.1) is 0 Å². The Morgan fingerprint density at radius 3 is 1.71 bits per heavy atom. The third-order valence-corrected chi connectivity index (χ3v) is 9.28. The smallest absolute Gasteiger partial charge is 0.0383 e. The molecular weight excluding hydrogens is 336 g/mol. The molecule has 0 amide bonds. The molecule has 0 nitrogen and oxygen atoms in total. The average molecular weight is 389 g/mol. The molecule has 0 N–H and O–H groups in total. The Balaban J connectivity index is 1.33. The summed E-state index contributed by atoms with van der Waals surface area (Å²) in [5, 5.41) is 0. The summed E-state index contributed by atoms with van der Waals surface area (Å²) in [5.74, 6) is 6.60. The Morgan fingerprint density at radius 1 is 0.464 bits per heavy atom. The van der Waals surface area contributed by atoms with Crippen molar-refractivity contribution in [3.05, 3.63) is 0 Å². The summed E-state index contributed by atoms with van der Waals surface area (Å²) >= 11 is 0. The van der Waals surface area contributed by atoms with Gasteiger partial charge in [0.2, 0.25) is 0 Å². The summed E-state index contributed by atoms with van der Waals surface area (Å²) in [6.45, 7) is 4.70. The van der Waals surface area contributed by atoms with Crippen molar-refractivity contribution in [3.8, 4) is 0 Å². The second-order valence-corrected chi connectivity index (χ2v) is 11.2. The summed E-state index contributed by atoms with van der Waals surface area (Å²) in [4.78, 5) is 0. The second-order valence-electron chi connectivity index (χ2n) is 11.2. The Kier molecular flexibility index (Phi) is 10.2. The Hall–Kier alpha value is 0. The molecule has 2 atom stereocenters. The van der Waals surface area contributed by atoms with Crippen molar-refractivity contribution < 1.29 is 0 Å². The molecule has 0 aromatic heterocycles. The van der Waals surface area contributed by atoms with Crippen LogP contribution in [0.3, 0.4) is 0 Å². The van der Waals surface area contributed by atoms with Crippen LogP contribution in [0.15, 0.2) is 0 Å².